The van der Waals surface area contributed by atoms with Gasteiger partial charge in [-0.15, -0.1) is 0 Å². The number of halogens is 1. The van der Waals surface area contributed by atoms with Gasteiger partial charge in [-0.25, -0.2) is 4.39 Å². The summed E-state index contributed by atoms with van der Waals surface area (Å²) < 4.78 is 15.0. The van der Waals surface area contributed by atoms with Crippen LogP contribution in [0.3, 0.4) is 0 Å². The lowest BCUT2D eigenvalue weighted by Gasteiger charge is -2.24. The fraction of sp³-hybridized carbons (Fsp3) is 0.278. The fourth-order valence-corrected chi connectivity index (χ4v) is 3.36. The van der Waals surface area contributed by atoms with E-state index in [1.165, 1.54) is 12.1 Å². The molecule has 3 aromatic rings. The monoisotopic (exact) mass is 339 g/mol. The first-order chi connectivity index (χ1) is 12.2. The average Bonchev–Trinajstić information content (AvgIpc) is 3.37. The predicted octanol–water partition coefficient (Wildman–Crippen LogP) is 2.72. The second-order valence-electron chi connectivity index (χ2n) is 6.19. The SMILES string of the molecule is O=C(c1cn[nH]c1-c1ccc(F)cc1)N1CCC[C@@H]1Cn1cccn1. The molecule has 1 N–H and O–H groups in total. The number of rotatable bonds is 4. The molecule has 1 saturated heterocycles. The summed E-state index contributed by atoms with van der Waals surface area (Å²) in [5.41, 5.74) is 1.87. The zero-order valence-electron chi connectivity index (χ0n) is 13.6. The van der Waals surface area contributed by atoms with Gasteiger partial charge >= 0.3 is 0 Å². The van der Waals surface area contributed by atoms with Crippen molar-refractivity contribution in [1.82, 2.24) is 24.9 Å². The standard InChI is InChI=1S/C18H18FN5O/c19-14-6-4-13(5-7-14)17-16(11-20-22-17)18(25)24-10-1-3-15(24)12-23-9-2-8-21-23/h2,4-9,11,15H,1,3,10,12H2,(H,20,22)/t15-/m1/s1. The Kier molecular flexibility index (Phi) is 4.05. The minimum Gasteiger partial charge on any atom is -0.334 e. The number of carbonyl (C=O) groups excluding carboxylic acids is 1. The number of aromatic nitrogens is 4. The Morgan fingerprint density at radius 2 is 2.16 bits per heavy atom. The minimum absolute atomic E-state index is 0.0530. The summed E-state index contributed by atoms with van der Waals surface area (Å²) >= 11 is 0. The topological polar surface area (TPSA) is 66.8 Å². The van der Waals surface area contributed by atoms with Gasteiger partial charge in [0, 0.05) is 24.5 Å². The molecule has 0 aliphatic carbocycles. The Morgan fingerprint density at radius 3 is 2.92 bits per heavy atom. The molecular weight excluding hydrogens is 321 g/mol. The van der Waals surface area contributed by atoms with E-state index >= 15 is 0 Å². The lowest BCUT2D eigenvalue weighted by molar-refractivity contribution is 0.0722. The van der Waals surface area contributed by atoms with Gasteiger partial charge in [-0.3, -0.25) is 14.6 Å². The van der Waals surface area contributed by atoms with Gasteiger partial charge in [-0.05, 0) is 43.2 Å². The number of aromatic amines is 1. The molecule has 3 heterocycles. The van der Waals surface area contributed by atoms with Crippen molar-refractivity contribution in [1.29, 1.82) is 0 Å². The quantitative estimate of drug-likeness (QED) is 0.795. The van der Waals surface area contributed by atoms with Crippen LogP contribution in [0.2, 0.25) is 0 Å². The molecule has 1 aromatic carbocycles. The first kappa shape index (κ1) is 15.6. The Morgan fingerprint density at radius 1 is 1.32 bits per heavy atom. The van der Waals surface area contributed by atoms with Crippen molar-refractivity contribution in [2.45, 2.75) is 25.4 Å². The summed E-state index contributed by atoms with van der Waals surface area (Å²) in [5, 5.41) is 11.1. The van der Waals surface area contributed by atoms with Crippen molar-refractivity contribution in [2.75, 3.05) is 6.54 Å². The second-order valence-corrected chi connectivity index (χ2v) is 6.19. The van der Waals surface area contributed by atoms with Crippen LogP contribution in [-0.4, -0.2) is 43.4 Å². The molecule has 0 radical (unpaired) electrons. The summed E-state index contributed by atoms with van der Waals surface area (Å²) in [6.45, 7) is 1.40. The van der Waals surface area contributed by atoms with Crippen LogP contribution in [0.5, 0.6) is 0 Å². The van der Waals surface area contributed by atoms with Gasteiger partial charge < -0.3 is 4.90 Å². The highest BCUT2D eigenvalue weighted by atomic mass is 19.1. The molecule has 6 nitrogen and oxygen atoms in total. The molecule has 0 unspecified atom stereocenters. The fourth-order valence-electron chi connectivity index (χ4n) is 3.36. The summed E-state index contributed by atoms with van der Waals surface area (Å²) in [4.78, 5) is 15.0. The number of nitrogens with zero attached hydrogens (tertiary/aromatic N) is 4. The highest BCUT2D eigenvalue weighted by Crippen LogP contribution is 2.26. The van der Waals surface area contributed by atoms with Crippen LogP contribution in [0, 0.1) is 5.82 Å². The zero-order chi connectivity index (χ0) is 17.2. The molecule has 1 atom stereocenters. The smallest absolute Gasteiger partial charge is 0.258 e. The maximum absolute atomic E-state index is 13.2. The molecule has 1 fully saturated rings. The first-order valence-corrected chi connectivity index (χ1v) is 8.30. The molecule has 0 saturated carbocycles. The number of likely N-dealkylation sites (tertiary alicyclic amines) is 1. The summed E-state index contributed by atoms with van der Waals surface area (Å²) in [5.74, 6) is -0.363. The normalized spacial score (nSPS) is 17.2. The molecule has 1 aliphatic rings. The Hall–Kier alpha value is -2.96. The number of benzene rings is 1. The molecule has 25 heavy (non-hydrogen) atoms. The van der Waals surface area contributed by atoms with Gasteiger partial charge in [0.05, 0.1) is 30.0 Å². The third-order valence-electron chi connectivity index (χ3n) is 4.60. The summed E-state index contributed by atoms with van der Waals surface area (Å²) in [6, 6.07) is 8.03. The minimum atomic E-state index is -0.310. The number of carbonyl (C=O) groups is 1. The van der Waals surface area contributed by atoms with E-state index < -0.39 is 0 Å². The van der Waals surface area contributed by atoms with E-state index in [0.717, 1.165) is 24.9 Å². The van der Waals surface area contributed by atoms with Gasteiger partial charge in [0.2, 0.25) is 0 Å². The second kappa shape index (κ2) is 6.51. The Balaban J connectivity index is 1.58. The van der Waals surface area contributed by atoms with Crippen molar-refractivity contribution >= 4 is 5.91 Å². The average molecular weight is 339 g/mol. The van der Waals surface area contributed by atoms with Crippen molar-refractivity contribution in [2.24, 2.45) is 0 Å². The Bertz CT molecular complexity index is 856. The molecule has 7 heteroatoms. The molecule has 0 spiro atoms. The summed E-state index contributed by atoms with van der Waals surface area (Å²) in [6.07, 6.45) is 7.12. The molecule has 1 aliphatic heterocycles. The van der Waals surface area contributed by atoms with Crippen LogP contribution in [0.4, 0.5) is 4.39 Å². The lowest BCUT2D eigenvalue weighted by atomic mass is 10.1. The van der Waals surface area contributed by atoms with Crippen molar-refractivity contribution in [3.63, 3.8) is 0 Å². The Labute approximate surface area is 144 Å². The van der Waals surface area contributed by atoms with Crippen molar-refractivity contribution in [3.8, 4) is 11.3 Å². The molecule has 1 amide bonds. The number of nitrogens with one attached hydrogen (secondary N) is 1. The molecule has 2 aromatic heterocycles. The highest BCUT2D eigenvalue weighted by molar-refractivity contribution is 6.00. The maximum atomic E-state index is 13.2. The van der Waals surface area contributed by atoms with E-state index in [-0.39, 0.29) is 17.8 Å². The van der Waals surface area contributed by atoms with E-state index in [9.17, 15) is 9.18 Å². The van der Waals surface area contributed by atoms with E-state index in [2.05, 4.69) is 15.3 Å². The third-order valence-corrected chi connectivity index (χ3v) is 4.60. The van der Waals surface area contributed by atoms with Gasteiger partial charge in [0.15, 0.2) is 0 Å². The zero-order valence-corrected chi connectivity index (χ0v) is 13.6. The largest absolute Gasteiger partial charge is 0.334 e. The van der Waals surface area contributed by atoms with Crippen LogP contribution in [-0.2, 0) is 6.54 Å². The van der Waals surface area contributed by atoms with Gasteiger partial charge in [0.25, 0.3) is 5.91 Å². The van der Waals surface area contributed by atoms with Gasteiger partial charge in [0.1, 0.15) is 5.82 Å². The van der Waals surface area contributed by atoms with Gasteiger partial charge in [-0.1, -0.05) is 0 Å². The van der Waals surface area contributed by atoms with E-state index in [1.54, 1.807) is 24.5 Å². The van der Waals surface area contributed by atoms with E-state index in [4.69, 9.17) is 0 Å². The maximum Gasteiger partial charge on any atom is 0.258 e. The molecule has 128 valence electrons. The van der Waals surface area contributed by atoms with Crippen molar-refractivity contribution < 1.29 is 9.18 Å². The number of hydrogen-bond acceptors (Lipinski definition) is 3. The van der Waals surface area contributed by atoms with Crippen molar-refractivity contribution in [3.05, 3.63) is 60.3 Å². The van der Waals surface area contributed by atoms with Gasteiger partial charge in [-0.2, -0.15) is 10.2 Å². The predicted molar refractivity (Wildman–Crippen MR) is 90.3 cm³/mol. The molecule has 4 rings (SSSR count). The molecule has 0 bridgehead atoms. The van der Waals surface area contributed by atoms with Crippen LogP contribution >= 0.6 is 0 Å². The van der Waals surface area contributed by atoms with Crippen LogP contribution in [0.1, 0.15) is 23.2 Å². The first-order valence-electron chi connectivity index (χ1n) is 8.30. The number of hydrogen-bond donors (Lipinski definition) is 1. The lowest BCUT2D eigenvalue weighted by Crippen LogP contribution is -2.38. The molecular formula is C18H18FN5O. The van der Waals surface area contributed by atoms with E-state index in [0.29, 0.717) is 17.8 Å². The third kappa shape index (κ3) is 3.05. The van der Waals surface area contributed by atoms with Crippen LogP contribution in [0.25, 0.3) is 11.3 Å². The number of H-pyrrole nitrogens is 1. The van der Waals surface area contributed by atoms with Crippen LogP contribution in [0.15, 0.2) is 48.9 Å². The number of amides is 1. The summed E-state index contributed by atoms with van der Waals surface area (Å²) in [7, 11) is 0. The van der Waals surface area contributed by atoms with Crippen LogP contribution < -0.4 is 0 Å². The highest BCUT2D eigenvalue weighted by Gasteiger charge is 2.31. The van der Waals surface area contributed by atoms with E-state index in [1.807, 2.05) is 21.8 Å².